The van der Waals surface area contributed by atoms with E-state index in [1.807, 2.05) is 35.2 Å². The molecular weight excluding hydrogens is 352 g/mol. The van der Waals surface area contributed by atoms with Gasteiger partial charge in [-0.05, 0) is 56.2 Å². The zero-order valence-corrected chi connectivity index (χ0v) is 16.2. The van der Waals surface area contributed by atoms with E-state index in [1.165, 1.54) is 24.1 Å². The predicted molar refractivity (Wildman–Crippen MR) is 107 cm³/mol. The molecule has 1 saturated heterocycles. The van der Waals surface area contributed by atoms with Gasteiger partial charge in [0.25, 0.3) is 5.91 Å². The maximum Gasteiger partial charge on any atom is 0.251 e. The molecule has 0 bridgehead atoms. The van der Waals surface area contributed by atoms with E-state index < -0.39 is 0 Å². The van der Waals surface area contributed by atoms with Crippen molar-refractivity contribution in [1.29, 1.82) is 0 Å². The summed E-state index contributed by atoms with van der Waals surface area (Å²) in [7, 11) is 0. The van der Waals surface area contributed by atoms with Gasteiger partial charge in [-0.15, -0.1) is 0 Å². The van der Waals surface area contributed by atoms with Crippen LogP contribution in [-0.2, 0) is 24.1 Å². The first-order valence-corrected chi connectivity index (χ1v) is 10.4. The Balaban J connectivity index is 1.23. The number of hydrogen-bond donors (Lipinski definition) is 2. The number of carbonyl (C=O) groups is 2. The van der Waals surface area contributed by atoms with Crippen molar-refractivity contribution in [2.45, 2.75) is 57.4 Å². The van der Waals surface area contributed by atoms with Gasteiger partial charge in [0.15, 0.2) is 0 Å². The highest BCUT2D eigenvalue weighted by Crippen LogP contribution is 2.23. The first-order valence-electron chi connectivity index (χ1n) is 10.4. The van der Waals surface area contributed by atoms with E-state index in [2.05, 4.69) is 15.5 Å². The Morgan fingerprint density at radius 3 is 2.64 bits per heavy atom. The molecule has 1 aliphatic carbocycles. The fraction of sp³-hybridized carbons (Fsp3) is 0.500. The molecule has 1 fully saturated rings. The molecule has 0 radical (unpaired) electrons. The largest absolute Gasteiger partial charge is 0.349 e. The van der Waals surface area contributed by atoms with Gasteiger partial charge in [0.2, 0.25) is 5.91 Å². The number of fused-ring (bicyclic) bond motifs is 1. The Labute approximate surface area is 165 Å². The molecule has 28 heavy (non-hydrogen) atoms. The molecule has 2 aliphatic rings. The standard InChI is InChI=1S/C22H28N4O2/c27-21(11-10-20-18-8-4-5-9-19(18)24-25-20)26-14-12-17(13-15-26)23-22(28)16-6-2-1-3-7-16/h1-3,6-7,17H,4-5,8-15H2,(H,23,28)(H,24,25). The number of benzene rings is 1. The lowest BCUT2D eigenvalue weighted by Gasteiger charge is -2.32. The van der Waals surface area contributed by atoms with E-state index in [0.29, 0.717) is 25.1 Å². The fourth-order valence-electron chi connectivity index (χ4n) is 4.27. The number of likely N-dealkylation sites (tertiary alicyclic amines) is 1. The van der Waals surface area contributed by atoms with Gasteiger partial charge >= 0.3 is 0 Å². The third-order valence-electron chi connectivity index (χ3n) is 5.94. The first kappa shape index (κ1) is 18.7. The zero-order valence-electron chi connectivity index (χ0n) is 16.2. The van der Waals surface area contributed by atoms with Crippen LogP contribution in [0.5, 0.6) is 0 Å². The molecule has 0 atom stereocenters. The number of H-pyrrole nitrogens is 1. The molecule has 1 aromatic heterocycles. The van der Waals surface area contributed by atoms with Crippen LogP contribution in [0, 0.1) is 0 Å². The molecule has 0 saturated carbocycles. The smallest absolute Gasteiger partial charge is 0.251 e. The van der Waals surface area contributed by atoms with Gasteiger partial charge in [0.05, 0.1) is 5.69 Å². The number of nitrogens with one attached hydrogen (secondary N) is 2. The van der Waals surface area contributed by atoms with Crippen molar-refractivity contribution in [3.05, 3.63) is 52.8 Å². The minimum Gasteiger partial charge on any atom is -0.349 e. The van der Waals surface area contributed by atoms with E-state index in [9.17, 15) is 9.59 Å². The maximum absolute atomic E-state index is 12.6. The molecule has 2 heterocycles. The number of nitrogens with zero attached hydrogens (tertiary/aromatic N) is 2. The normalized spacial score (nSPS) is 17.2. The highest BCUT2D eigenvalue weighted by Gasteiger charge is 2.25. The topological polar surface area (TPSA) is 78.1 Å². The van der Waals surface area contributed by atoms with Crippen LogP contribution in [0.3, 0.4) is 0 Å². The van der Waals surface area contributed by atoms with Gasteiger partial charge in [-0.1, -0.05) is 18.2 Å². The molecule has 148 valence electrons. The molecular formula is C22H28N4O2. The summed E-state index contributed by atoms with van der Waals surface area (Å²) in [6.45, 7) is 1.41. The number of piperidine rings is 1. The van der Waals surface area contributed by atoms with Crippen molar-refractivity contribution in [2.24, 2.45) is 0 Å². The van der Waals surface area contributed by atoms with Crippen LogP contribution >= 0.6 is 0 Å². The summed E-state index contributed by atoms with van der Waals surface area (Å²) in [6.07, 6.45) is 7.46. The van der Waals surface area contributed by atoms with Gasteiger partial charge in [-0.2, -0.15) is 5.10 Å². The molecule has 2 N–H and O–H groups in total. The number of hydrogen-bond acceptors (Lipinski definition) is 3. The lowest BCUT2D eigenvalue weighted by Crippen LogP contribution is -2.46. The molecule has 1 aromatic carbocycles. The summed E-state index contributed by atoms with van der Waals surface area (Å²) in [5, 5.41) is 10.7. The zero-order chi connectivity index (χ0) is 19.3. The van der Waals surface area contributed by atoms with Gasteiger partial charge in [0, 0.05) is 43.2 Å². The van der Waals surface area contributed by atoms with Crippen molar-refractivity contribution in [3.8, 4) is 0 Å². The SMILES string of the molecule is O=C(NC1CCN(C(=O)CCc2n[nH]c3c2CCCC3)CC1)c1ccccc1. The second kappa shape index (κ2) is 8.59. The van der Waals surface area contributed by atoms with Crippen LogP contribution in [0.15, 0.2) is 30.3 Å². The van der Waals surface area contributed by atoms with Crippen LogP contribution in [0.1, 0.15) is 59.4 Å². The van der Waals surface area contributed by atoms with Gasteiger partial charge < -0.3 is 10.2 Å². The summed E-state index contributed by atoms with van der Waals surface area (Å²) in [5.74, 6) is 0.161. The Morgan fingerprint density at radius 2 is 1.86 bits per heavy atom. The number of aromatic amines is 1. The third kappa shape index (κ3) is 4.26. The summed E-state index contributed by atoms with van der Waals surface area (Å²) >= 11 is 0. The average molecular weight is 380 g/mol. The van der Waals surface area contributed by atoms with Crippen LogP contribution in [-0.4, -0.2) is 46.0 Å². The summed E-state index contributed by atoms with van der Waals surface area (Å²) in [4.78, 5) is 26.8. The minimum absolute atomic E-state index is 0.0336. The predicted octanol–water partition coefficient (Wildman–Crippen LogP) is 2.64. The summed E-state index contributed by atoms with van der Waals surface area (Å²) in [5.41, 5.74) is 4.38. The minimum atomic E-state index is -0.0336. The number of amides is 2. The lowest BCUT2D eigenvalue weighted by molar-refractivity contribution is -0.132. The van der Waals surface area contributed by atoms with Crippen LogP contribution in [0.4, 0.5) is 0 Å². The van der Waals surface area contributed by atoms with Crippen molar-refractivity contribution in [2.75, 3.05) is 13.1 Å². The van der Waals surface area contributed by atoms with Crippen LogP contribution in [0.25, 0.3) is 0 Å². The summed E-state index contributed by atoms with van der Waals surface area (Å²) < 4.78 is 0. The Kier molecular flexibility index (Phi) is 5.74. The monoisotopic (exact) mass is 380 g/mol. The molecule has 0 spiro atoms. The number of aromatic nitrogens is 2. The molecule has 6 heteroatoms. The Morgan fingerprint density at radius 1 is 1.11 bits per heavy atom. The highest BCUT2D eigenvalue weighted by molar-refractivity contribution is 5.94. The second-order valence-electron chi connectivity index (χ2n) is 7.83. The van der Waals surface area contributed by atoms with Gasteiger partial charge in [-0.3, -0.25) is 14.7 Å². The molecule has 6 nitrogen and oxygen atoms in total. The van der Waals surface area contributed by atoms with Crippen molar-refractivity contribution in [1.82, 2.24) is 20.4 Å². The first-order chi connectivity index (χ1) is 13.7. The summed E-state index contributed by atoms with van der Waals surface area (Å²) in [6, 6.07) is 9.41. The molecule has 1 aliphatic heterocycles. The van der Waals surface area contributed by atoms with E-state index in [4.69, 9.17) is 0 Å². The van der Waals surface area contributed by atoms with Gasteiger partial charge in [-0.25, -0.2) is 0 Å². The van der Waals surface area contributed by atoms with E-state index in [-0.39, 0.29) is 17.9 Å². The number of aryl methyl sites for hydroxylation is 2. The Hall–Kier alpha value is -2.63. The third-order valence-corrected chi connectivity index (χ3v) is 5.94. The van der Waals surface area contributed by atoms with Crippen molar-refractivity contribution in [3.63, 3.8) is 0 Å². The fourth-order valence-corrected chi connectivity index (χ4v) is 4.27. The van der Waals surface area contributed by atoms with E-state index in [1.54, 1.807) is 0 Å². The van der Waals surface area contributed by atoms with Crippen LogP contribution in [0.2, 0.25) is 0 Å². The van der Waals surface area contributed by atoms with Crippen molar-refractivity contribution >= 4 is 11.8 Å². The molecule has 2 amide bonds. The van der Waals surface area contributed by atoms with Crippen LogP contribution < -0.4 is 5.32 Å². The van der Waals surface area contributed by atoms with Crippen molar-refractivity contribution < 1.29 is 9.59 Å². The van der Waals surface area contributed by atoms with Gasteiger partial charge in [0.1, 0.15) is 0 Å². The van der Waals surface area contributed by atoms with E-state index >= 15 is 0 Å². The molecule has 0 unspecified atom stereocenters. The quantitative estimate of drug-likeness (QED) is 0.837. The second-order valence-corrected chi connectivity index (χ2v) is 7.83. The lowest BCUT2D eigenvalue weighted by atomic mass is 9.94. The molecule has 2 aromatic rings. The highest BCUT2D eigenvalue weighted by atomic mass is 16.2. The van der Waals surface area contributed by atoms with E-state index in [0.717, 1.165) is 37.8 Å². The Bertz CT molecular complexity index is 822. The average Bonchev–Trinajstić information content (AvgIpc) is 3.16. The number of carbonyl (C=O) groups excluding carboxylic acids is 2. The number of rotatable bonds is 5. The maximum atomic E-state index is 12.6. The molecule has 4 rings (SSSR count).